The first-order valence-corrected chi connectivity index (χ1v) is 9.35. The van der Waals surface area contributed by atoms with Crippen LogP contribution in [-0.2, 0) is 0 Å². The number of hydrogen-bond acceptors (Lipinski definition) is 7. The SMILES string of the molecule is COc1ccc(C(CNc2oc(-c3ccco3)nc2C#N)N2CCCC2)cc1. The van der Waals surface area contributed by atoms with Gasteiger partial charge in [0, 0.05) is 6.54 Å². The molecule has 2 aromatic heterocycles. The zero-order valence-corrected chi connectivity index (χ0v) is 15.7. The monoisotopic (exact) mass is 378 g/mol. The van der Waals surface area contributed by atoms with E-state index in [4.69, 9.17) is 13.6 Å². The van der Waals surface area contributed by atoms with E-state index in [0.717, 1.165) is 18.8 Å². The van der Waals surface area contributed by atoms with Gasteiger partial charge in [-0.1, -0.05) is 12.1 Å². The number of nitrogens with zero attached hydrogens (tertiary/aromatic N) is 3. The van der Waals surface area contributed by atoms with E-state index in [0.29, 0.717) is 24.1 Å². The lowest BCUT2D eigenvalue weighted by Gasteiger charge is -2.28. The Morgan fingerprint density at radius 2 is 2.04 bits per heavy atom. The average molecular weight is 378 g/mol. The summed E-state index contributed by atoms with van der Waals surface area (Å²) in [5.74, 6) is 2.00. The Morgan fingerprint density at radius 3 is 2.68 bits per heavy atom. The topological polar surface area (TPSA) is 87.5 Å². The zero-order valence-electron chi connectivity index (χ0n) is 15.7. The van der Waals surface area contributed by atoms with E-state index in [1.807, 2.05) is 12.1 Å². The molecule has 0 aliphatic carbocycles. The van der Waals surface area contributed by atoms with Crippen LogP contribution in [0.4, 0.5) is 5.88 Å². The van der Waals surface area contributed by atoms with Crippen LogP contribution in [-0.4, -0.2) is 36.6 Å². The van der Waals surface area contributed by atoms with Crippen molar-refractivity contribution in [2.75, 3.05) is 32.1 Å². The number of likely N-dealkylation sites (tertiary alicyclic amines) is 1. The second-order valence-corrected chi connectivity index (χ2v) is 6.70. The molecule has 1 N–H and O–H groups in total. The van der Waals surface area contributed by atoms with Gasteiger partial charge in [-0.2, -0.15) is 10.2 Å². The van der Waals surface area contributed by atoms with Crippen LogP contribution in [0.15, 0.2) is 51.5 Å². The van der Waals surface area contributed by atoms with Crippen molar-refractivity contribution in [2.45, 2.75) is 18.9 Å². The third kappa shape index (κ3) is 3.73. The molecule has 3 heterocycles. The van der Waals surface area contributed by atoms with Crippen LogP contribution in [0.1, 0.15) is 30.1 Å². The van der Waals surface area contributed by atoms with Gasteiger partial charge in [-0.05, 0) is 55.8 Å². The molecule has 0 spiro atoms. The van der Waals surface area contributed by atoms with Crippen molar-refractivity contribution < 1.29 is 13.6 Å². The second kappa shape index (κ2) is 8.19. The van der Waals surface area contributed by atoms with Gasteiger partial charge in [0.25, 0.3) is 5.89 Å². The summed E-state index contributed by atoms with van der Waals surface area (Å²) >= 11 is 0. The second-order valence-electron chi connectivity index (χ2n) is 6.70. The molecule has 0 saturated carbocycles. The van der Waals surface area contributed by atoms with E-state index in [9.17, 15) is 5.26 Å². The summed E-state index contributed by atoms with van der Waals surface area (Å²) in [6.45, 7) is 2.71. The lowest BCUT2D eigenvalue weighted by atomic mass is 10.1. The molecule has 1 aliphatic heterocycles. The van der Waals surface area contributed by atoms with Gasteiger partial charge in [0.1, 0.15) is 11.8 Å². The van der Waals surface area contributed by atoms with Crippen LogP contribution < -0.4 is 10.1 Å². The molecule has 1 unspecified atom stereocenters. The third-order valence-corrected chi connectivity index (χ3v) is 5.00. The number of oxazole rings is 1. The highest BCUT2D eigenvalue weighted by Crippen LogP contribution is 2.29. The number of anilines is 1. The Hall–Kier alpha value is -3.24. The fraction of sp³-hybridized carbons (Fsp3) is 0.333. The summed E-state index contributed by atoms with van der Waals surface area (Å²) in [6.07, 6.45) is 3.94. The van der Waals surface area contributed by atoms with E-state index in [-0.39, 0.29) is 11.7 Å². The number of nitrogens with one attached hydrogen (secondary N) is 1. The number of benzene rings is 1. The highest BCUT2D eigenvalue weighted by Gasteiger charge is 2.25. The molecular formula is C21H22N4O3. The molecule has 7 nitrogen and oxygen atoms in total. The van der Waals surface area contributed by atoms with Gasteiger partial charge < -0.3 is 18.9 Å². The number of methoxy groups -OCH3 is 1. The van der Waals surface area contributed by atoms with Gasteiger partial charge in [-0.3, -0.25) is 4.90 Å². The van der Waals surface area contributed by atoms with E-state index in [1.54, 1.807) is 25.5 Å². The number of hydrogen-bond donors (Lipinski definition) is 1. The van der Waals surface area contributed by atoms with Crippen molar-refractivity contribution in [1.82, 2.24) is 9.88 Å². The van der Waals surface area contributed by atoms with Gasteiger partial charge in [0.2, 0.25) is 11.6 Å². The third-order valence-electron chi connectivity index (χ3n) is 5.00. The molecule has 144 valence electrons. The molecule has 0 amide bonds. The van der Waals surface area contributed by atoms with Crippen molar-refractivity contribution in [3.63, 3.8) is 0 Å². The summed E-state index contributed by atoms with van der Waals surface area (Å²) < 4.78 is 16.4. The molecule has 7 heteroatoms. The lowest BCUT2D eigenvalue weighted by Crippen LogP contribution is -2.31. The number of nitriles is 1. The van der Waals surface area contributed by atoms with Crippen LogP contribution in [0, 0.1) is 11.3 Å². The van der Waals surface area contributed by atoms with Crippen LogP contribution >= 0.6 is 0 Å². The van der Waals surface area contributed by atoms with Gasteiger partial charge in [-0.15, -0.1) is 0 Å². The minimum atomic E-state index is 0.164. The molecular weight excluding hydrogens is 356 g/mol. The molecule has 28 heavy (non-hydrogen) atoms. The van der Waals surface area contributed by atoms with Crippen molar-refractivity contribution >= 4 is 5.88 Å². The standard InChI is InChI=1S/C21H22N4O3/c1-26-16-8-6-15(7-9-16)18(25-10-2-3-11-25)14-23-20-17(13-22)24-21(28-20)19-5-4-12-27-19/h4-9,12,18,23H,2-3,10-11,14H2,1H3. The fourth-order valence-electron chi connectivity index (χ4n) is 3.55. The zero-order chi connectivity index (χ0) is 19.3. The summed E-state index contributed by atoms with van der Waals surface area (Å²) in [6, 6.07) is 13.9. The summed E-state index contributed by atoms with van der Waals surface area (Å²) in [4.78, 5) is 6.68. The Labute approximate surface area is 163 Å². The van der Waals surface area contributed by atoms with Crippen LogP contribution in [0.25, 0.3) is 11.7 Å². The van der Waals surface area contributed by atoms with Crippen LogP contribution in [0.3, 0.4) is 0 Å². The van der Waals surface area contributed by atoms with Crippen LogP contribution in [0.5, 0.6) is 5.75 Å². The van der Waals surface area contributed by atoms with Crippen LogP contribution in [0.2, 0.25) is 0 Å². The highest BCUT2D eigenvalue weighted by molar-refractivity contribution is 5.54. The number of rotatable bonds is 7. The quantitative estimate of drug-likeness (QED) is 0.663. The molecule has 1 aliphatic rings. The average Bonchev–Trinajstić information content (AvgIpc) is 3.49. The molecule has 1 saturated heterocycles. The van der Waals surface area contributed by atoms with Gasteiger partial charge in [0.05, 0.1) is 19.4 Å². The summed E-state index contributed by atoms with van der Waals surface area (Å²) in [7, 11) is 1.67. The summed E-state index contributed by atoms with van der Waals surface area (Å²) in [5.41, 5.74) is 1.42. The van der Waals surface area contributed by atoms with Gasteiger partial charge in [-0.25, -0.2) is 0 Å². The molecule has 0 bridgehead atoms. The maximum atomic E-state index is 9.41. The number of furan rings is 1. The smallest absolute Gasteiger partial charge is 0.266 e. The van der Waals surface area contributed by atoms with E-state index < -0.39 is 0 Å². The van der Waals surface area contributed by atoms with E-state index in [2.05, 4.69) is 33.4 Å². The Kier molecular flexibility index (Phi) is 5.31. The minimum absolute atomic E-state index is 0.164. The normalized spacial score (nSPS) is 15.3. The first-order valence-electron chi connectivity index (χ1n) is 9.35. The number of aromatic nitrogens is 1. The molecule has 1 atom stereocenters. The largest absolute Gasteiger partial charge is 0.497 e. The van der Waals surface area contributed by atoms with E-state index in [1.165, 1.54) is 18.4 Å². The predicted molar refractivity (Wildman–Crippen MR) is 104 cm³/mol. The molecule has 1 fully saturated rings. The molecule has 1 aromatic carbocycles. The Bertz CT molecular complexity index is 935. The van der Waals surface area contributed by atoms with Crippen molar-refractivity contribution in [2.24, 2.45) is 0 Å². The maximum Gasteiger partial charge on any atom is 0.266 e. The van der Waals surface area contributed by atoms with E-state index >= 15 is 0 Å². The van der Waals surface area contributed by atoms with Gasteiger partial charge >= 0.3 is 0 Å². The van der Waals surface area contributed by atoms with Gasteiger partial charge in [0.15, 0.2) is 5.76 Å². The Morgan fingerprint density at radius 1 is 1.25 bits per heavy atom. The first kappa shape index (κ1) is 18.1. The molecule has 3 aromatic rings. The van der Waals surface area contributed by atoms with Crippen molar-refractivity contribution in [1.29, 1.82) is 5.26 Å². The first-order chi connectivity index (χ1) is 13.8. The highest BCUT2D eigenvalue weighted by atomic mass is 16.5. The fourth-order valence-corrected chi connectivity index (χ4v) is 3.55. The van der Waals surface area contributed by atoms with Crippen molar-refractivity contribution in [3.05, 3.63) is 53.9 Å². The minimum Gasteiger partial charge on any atom is -0.497 e. The van der Waals surface area contributed by atoms with Crippen molar-refractivity contribution in [3.8, 4) is 23.5 Å². The molecule has 0 radical (unpaired) electrons. The molecule has 4 rings (SSSR count). The number of ether oxygens (including phenoxy) is 1. The maximum absolute atomic E-state index is 9.41. The lowest BCUT2D eigenvalue weighted by molar-refractivity contribution is 0.255. The predicted octanol–water partition coefficient (Wildman–Crippen LogP) is 4.06. The Balaban J connectivity index is 1.55. The summed E-state index contributed by atoms with van der Waals surface area (Å²) in [5, 5.41) is 12.7.